The van der Waals surface area contributed by atoms with E-state index in [1.54, 1.807) is 0 Å². The highest BCUT2D eigenvalue weighted by molar-refractivity contribution is 5.11. The van der Waals surface area contributed by atoms with E-state index in [0.717, 1.165) is 0 Å². The zero-order chi connectivity index (χ0) is 7.11. The van der Waals surface area contributed by atoms with Crippen molar-refractivity contribution in [2.24, 2.45) is 0 Å². The number of benzene rings is 1. The number of hydrogen-bond acceptors (Lipinski definition) is 0. The molecule has 0 saturated carbocycles. The first kappa shape index (κ1) is 16.7. The quantitative estimate of drug-likeness (QED) is 0.517. The van der Waals surface area contributed by atoms with Crippen molar-refractivity contribution in [3.8, 4) is 0 Å². The number of aryl methyl sites for hydroxylation is 1. The van der Waals surface area contributed by atoms with Crippen LogP contribution in [-0.2, 0) is 0 Å². The molecule has 1 aromatic carbocycles. The van der Waals surface area contributed by atoms with E-state index in [9.17, 15) is 0 Å². The predicted octanol–water partition coefficient (Wildman–Crippen LogP) is 4.54. The molecule has 0 radical (unpaired) electrons. The fourth-order valence-electron chi connectivity index (χ4n) is 0.534. The molecule has 0 aromatic heterocycles. The average Bonchev–Trinajstić information content (AvgIpc) is 1.94. The molecule has 0 fully saturated rings. The van der Waals surface area contributed by atoms with E-state index < -0.39 is 0 Å². The average molecular weight is 156 g/mol. The van der Waals surface area contributed by atoms with Crippen LogP contribution in [0.15, 0.2) is 30.3 Å². The Labute approximate surface area is 73.8 Å². The van der Waals surface area contributed by atoms with Crippen LogP contribution in [0.4, 0.5) is 0 Å². The molecule has 0 heterocycles. The third-order valence-corrected chi connectivity index (χ3v) is 0.940. The Morgan fingerprint density at radius 1 is 0.909 bits per heavy atom. The van der Waals surface area contributed by atoms with Gasteiger partial charge in [-0.2, -0.15) is 0 Å². The summed E-state index contributed by atoms with van der Waals surface area (Å²) in [5.41, 5.74) is 1.32. The molecular formula is C11H24. The second-order valence-electron chi connectivity index (χ2n) is 1.65. The van der Waals surface area contributed by atoms with E-state index in [0.29, 0.717) is 0 Å². The molecular weight excluding hydrogens is 132 g/mol. The third-order valence-electron chi connectivity index (χ3n) is 0.940. The third kappa shape index (κ3) is 9.22. The van der Waals surface area contributed by atoms with Crippen molar-refractivity contribution in [2.75, 3.05) is 0 Å². The van der Waals surface area contributed by atoms with Crippen molar-refractivity contribution in [3.05, 3.63) is 35.9 Å². The maximum atomic E-state index is 2.08. The summed E-state index contributed by atoms with van der Waals surface area (Å²) in [6.45, 7) is 6.08. The van der Waals surface area contributed by atoms with E-state index in [-0.39, 0.29) is 16.3 Å². The summed E-state index contributed by atoms with van der Waals surface area (Å²) in [6, 6.07) is 10.3. The first-order valence-corrected chi connectivity index (χ1v) is 3.41. The van der Waals surface area contributed by atoms with Crippen LogP contribution >= 0.6 is 0 Å². The Hall–Kier alpha value is -0.780. The van der Waals surface area contributed by atoms with Crippen LogP contribution in [0.1, 0.15) is 35.7 Å². The maximum Gasteiger partial charge on any atom is 0 e. The van der Waals surface area contributed by atoms with Crippen molar-refractivity contribution in [1.82, 2.24) is 0 Å². The van der Waals surface area contributed by atoms with Crippen LogP contribution in [0.3, 0.4) is 0 Å². The summed E-state index contributed by atoms with van der Waals surface area (Å²) in [5, 5.41) is 0. The van der Waals surface area contributed by atoms with Gasteiger partial charge in [0.05, 0.1) is 0 Å². The lowest BCUT2D eigenvalue weighted by atomic mass is 10.2. The van der Waals surface area contributed by atoms with E-state index in [1.807, 2.05) is 32.0 Å². The maximum absolute atomic E-state index is 2.08. The first-order valence-electron chi connectivity index (χ1n) is 3.41. The minimum absolute atomic E-state index is 0. The molecule has 68 valence electrons. The first-order chi connectivity index (χ1) is 4.39. The fraction of sp³-hybridized carbons (Fsp3) is 0.455. The Kier molecular flexibility index (Phi) is 18.1. The van der Waals surface area contributed by atoms with Gasteiger partial charge in [-0.1, -0.05) is 64.6 Å². The molecule has 0 aliphatic carbocycles. The Morgan fingerprint density at radius 2 is 1.27 bits per heavy atom. The smallest absolute Gasteiger partial charge is 0 e. The zero-order valence-corrected chi connectivity index (χ0v) is 6.39. The van der Waals surface area contributed by atoms with Gasteiger partial charge in [0.15, 0.2) is 0 Å². The van der Waals surface area contributed by atoms with Gasteiger partial charge < -0.3 is 0 Å². The molecule has 1 rings (SSSR count). The largest absolute Gasteiger partial charge is 0.0776 e. The summed E-state index contributed by atoms with van der Waals surface area (Å²) in [7, 11) is 0. The molecule has 1 aromatic rings. The van der Waals surface area contributed by atoms with Gasteiger partial charge in [0.2, 0.25) is 0 Å². The monoisotopic (exact) mass is 156 g/mol. The molecule has 0 aliphatic heterocycles. The summed E-state index contributed by atoms with van der Waals surface area (Å²) < 4.78 is 0. The SMILES string of the molecule is C.C.CC.Cc1ccccc1.[HH]. The van der Waals surface area contributed by atoms with Crippen LogP contribution < -0.4 is 0 Å². The molecule has 0 spiro atoms. The summed E-state index contributed by atoms with van der Waals surface area (Å²) in [6.07, 6.45) is 0. The number of hydrogen-bond donors (Lipinski definition) is 0. The van der Waals surface area contributed by atoms with Crippen LogP contribution in [0.5, 0.6) is 0 Å². The lowest BCUT2D eigenvalue weighted by molar-refractivity contribution is 1.48. The van der Waals surface area contributed by atoms with Crippen LogP contribution in [0, 0.1) is 6.92 Å². The second-order valence-corrected chi connectivity index (χ2v) is 1.65. The molecule has 0 heteroatoms. The van der Waals surface area contributed by atoms with Gasteiger partial charge in [0.1, 0.15) is 0 Å². The van der Waals surface area contributed by atoms with E-state index in [1.165, 1.54) is 5.56 Å². The van der Waals surface area contributed by atoms with Gasteiger partial charge in [-0.3, -0.25) is 0 Å². The van der Waals surface area contributed by atoms with Crippen molar-refractivity contribution >= 4 is 0 Å². The van der Waals surface area contributed by atoms with E-state index in [4.69, 9.17) is 0 Å². The molecule has 0 aliphatic rings. The Morgan fingerprint density at radius 3 is 1.45 bits per heavy atom. The van der Waals surface area contributed by atoms with Crippen LogP contribution in [-0.4, -0.2) is 0 Å². The molecule has 0 bridgehead atoms. The van der Waals surface area contributed by atoms with Gasteiger partial charge >= 0.3 is 0 Å². The molecule has 0 unspecified atom stereocenters. The molecule has 0 nitrogen and oxygen atoms in total. The Bertz CT molecular complexity index is 135. The predicted molar refractivity (Wildman–Crippen MR) is 58.1 cm³/mol. The number of rotatable bonds is 0. The lowest BCUT2D eigenvalue weighted by Crippen LogP contribution is -1.62. The molecule has 0 amide bonds. The lowest BCUT2D eigenvalue weighted by Gasteiger charge is -1.82. The van der Waals surface area contributed by atoms with Gasteiger partial charge in [0, 0.05) is 1.43 Å². The highest BCUT2D eigenvalue weighted by atomic mass is 13.8. The van der Waals surface area contributed by atoms with E-state index >= 15 is 0 Å². The minimum Gasteiger partial charge on any atom is -0.0776 e. The fourth-order valence-corrected chi connectivity index (χ4v) is 0.534. The van der Waals surface area contributed by atoms with Gasteiger partial charge in [-0.15, -0.1) is 0 Å². The topological polar surface area (TPSA) is 0 Å². The minimum atomic E-state index is 0. The molecule has 0 saturated heterocycles. The molecule has 0 atom stereocenters. The Balaban J connectivity index is -0.0000000600. The van der Waals surface area contributed by atoms with Crippen LogP contribution in [0.2, 0.25) is 0 Å². The van der Waals surface area contributed by atoms with Gasteiger partial charge in [0.25, 0.3) is 0 Å². The van der Waals surface area contributed by atoms with Gasteiger partial charge in [-0.05, 0) is 6.92 Å². The van der Waals surface area contributed by atoms with Crippen molar-refractivity contribution in [3.63, 3.8) is 0 Å². The summed E-state index contributed by atoms with van der Waals surface area (Å²) in [5.74, 6) is 0. The van der Waals surface area contributed by atoms with Crippen molar-refractivity contribution in [2.45, 2.75) is 35.6 Å². The molecule has 11 heavy (non-hydrogen) atoms. The standard InChI is InChI=1S/C7H8.C2H6.2CH4.H2/c1-7-5-3-2-4-6-7;1-2;;;/h2-6H,1H3;1-2H3;2*1H4;1H. The summed E-state index contributed by atoms with van der Waals surface area (Å²) >= 11 is 0. The van der Waals surface area contributed by atoms with E-state index in [2.05, 4.69) is 19.1 Å². The van der Waals surface area contributed by atoms with Crippen molar-refractivity contribution in [1.29, 1.82) is 0 Å². The summed E-state index contributed by atoms with van der Waals surface area (Å²) in [4.78, 5) is 0. The highest BCUT2D eigenvalue weighted by Crippen LogP contribution is 1.92. The van der Waals surface area contributed by atoms with Gasteiger partial charge in [-0.25, -0.2) is 0 Å². The normalized spacial score (nSPS) is 6.09. The molecule has 0 N–H and O–H groups in total. The highest BCUT2D eigenvalue weighted by Gasteiger charge is 1.72. The van der Waals surface area contributed by atoms with Crippen LogP contribution in [0.25, 0.3) is 0 Å². The second kappa shape index (κ2) is 12.0. The van der Waals surface area contributed by atoms with Crippen molar-refractivity contribution < 1.29 is 1.43 Å². The zero-order valence-electron chi connectivity index (χ0n) is 6.39.